The summed E-state index contributed by atoms with van der Waals surface area (Å²) in [5, 5.41) is 3.40. The van der Waals surface area contributed by atoms with Crippen LogP contribution in [0.3, 0.4) is 0 Å². The maximum atomic E-state index is 10.9. The molecule has 1 atom stereocenters. The average molecular weight is 139 g/mol. The molecule has 0 aromatic heterocycles. The van der Waals surface area contributed by atoms with Crippen LogP contribution in [-0.4, -0.2) is 11.8 Å². The molecule has 0 radical (unpaired) electrons. The number of hydrogen-bond acceptors (Lipinski definition) is 2. The molecule has 0 unspecified atom stereocenters. The number of nitrogens with zero attached hydrogens (tertiary/aromatic N) is 3. The van der Waals surface area contributed by atoms with Crippen molar-refractivity contribution in [3.05, 3.63) is 10.4 Å². The number of azide groups is 1. The minimum Gasteiger partial charge on any atom is -0.299 e. The molecule has 1 aliphatic rings. The molecule has 1 fully saturated rings. The maximum absolute atomic E-state index is 10.9. The van der Waals surface area contributed by atoms with Crippen LogP contribution in [0.1, 0.15) is 25.7 Å². The fourth-order valence-corrected chi connectivity index (χ4v) is 1.15. The van der Waals surface area contributed by atoms with Gasteiger partial charge in [-0.25, -0.2) is 0 Å². The van der Waals surface area contributed by atoms with Crippen LogP contribution in [0, 0.1) is 0 Å². The fourth-order valence-electron chi connectivity index (χ4n) is 1.15. The smallest absolute Gasteiger partial charge is 0.141 e. The minimum atomic E-state index is -0.362. The molecule has 0 aromatic carbocycles. The normalized spacial score (nSPS) is 25.6. The molecule has 54 valence electrons. The number of Topliss-reactive ketones (excluding diaryl/α,β-unsaturated/α-hetero) is 1. The first kappa shape index (κ1) is 7.09. The molecular formula is C6H9N3O. The van der Waals surface area contributed by atoms with E-state index in [1.807, 2.05) is 0 Å². The van der Waals surface area contributed by atoms with E-state index in [1.54, 1.807) is 0 Å². The van der Waals surface area contributed by atoms with Crippen LogP contribution in [0.25, 0.3) is 10.4 Å². The van der Waals surface area contributed by atoms with E-state index in [2.05, 4.69) is 10.0 Å². The van der Waals surface area contributed by atoms with Crippen molar-refractivity contribution in [3.8, 4) is 0 Å². The molecule has 0 bridgehead atoms. The average Bonchev–Trinajstić information content (AvgIpc) is 1.94. The molecule has 4 heteroatoms. The molecule has 0 saturated heterocycles. The summed E-state index contributed by atoms with van der Waals surface area (Å²) >= 11 is 0. The lowest BCUT2D eigenvalue weighted by atomic mass is 9.95. The molecule has 1 rings (SSSR count). The predicted molar refractivity (Wildman–Crippen MR) is 36.4 cm³/mol. The molecule has 10 heavy (non-hydrogen) atoms. The van der Waals surface area contributed by atoms with Gasteiger partial charge in [0, 0.05) is 11.3 Å². The van der Waals surface area contributed by atoms with E-state index in [4.69, 9.17) is 5.53 Å². The van der Waals surface area contributed by atoms with Gasteiger partial charge in [0.15, 0.2) is 0 Å². The Balaban J connectivity index is 2.55. The highest BCUT2D eigenvalue weighted by atomic mass is 16.1. The molecule has 4 nitrogen and oxygen atoms in total. The van der Waals surface area contributed by atoms with E-state index < -0.39 is 0 Å². The second-order valence-corrected chi connectivity index (χ2v) is 2.43. The van der Waals surface area contributed by atoms with Crippen molar-refractivity contribution in [1.82, 2.24) is 0 Å². The van der Waals surface area contributed by atoms with Crippen molar-refractivity contribution >= 4 is 5.78 Å². The summed E-state index contributed by atoms with van der Waals surface area (Å²) in [7, 11) is 0. The zero-order valence-electron chi connectivity index (χ0n) is 5.66. The van der Waals surface area contributed by atoms with Crippen molar-refractivity contribution in [1.29, 1.82) is 0 Å². The number of rotatable bonds is 1. The Morgan fingerprint density at radius 2 is 2.40 bits per heavy atom. The molecule has 0 aromatic rings. The third-order valence-electron chi connectivity index (χ3n) is 1.71. The van der Waals surface area contributed by atoms with Crippen LogP contribution in [-0.2, 0) is 4.79 Å². The predicted octanol–water partition coefficient (Wildman–Crippen LogP) is 1.81. The third kappa shape index (κ3) is 1.48. The highest BCUT2D eigenvalue weighted by Crippen LogP contribution is 2.16. The van der Waals surface area contributed by atoms with E-state index in [0.717, 1.165) is 19.3 Å². The van der Waals surface area contributed by atoms with Gasteiger partial charge in [-0.3, -0.25) is 4.79 Å². The van der Waals surface area contributed by atoms with Gasteiger partial charge in [-0.05, 0) is 18.4 Å². The summed E-state index contributed by atoms with van der Waals surface area (Å²) in [6.45, 7) is 0. The van der Waals surface area contributed by atoms with Gasteiger partial charge >= 0.3 is 0 Å². The van der Waals surface area contributed by atoms with E-state index in [1.165, 1.54) is 0 Å². The van der Waals surface area contributed by atoms with Gasteiger partial charge in [-0.15, -0.1) is 0 Å². The first-order chi connectivity index (χ1) is 4.84. The molecule has 0 heterocycles. The molecule has 1 aliphatic carbocycles. The quantitative estimate of drug-likeness (QED) is 0.310. The molecule has 0 N–H and O–H groups in total. The van der Waals surface area contributed by atoms with Crippen LogP contribution < -0.4 is 0 Å². The van der Waals surface area contributed by atoms with Crippen LogP contribution in [0.15, 0.2) is 5.11 Å². The summed E-state index contributed by atoms with van der Waals surface area (Å²) in [5.41, 5.74) is 8.04. The Kier molecular flexibility index (Phi) is 2.29. The largest absolute Gasteiger partial charge is 0.299 e. The summed E-state index contributed by atoms with van der Waals surface area (Å²) < 4.78 is 0. The summed E-state index contributed by atoms with van der Waals surface area (Å²) in [6.07, 6.45) is 3.29. The first-order valence-corrected chi connectivity index (χ1v) is 3.41. The van der Waals surface area contributed by atoms with Crippen molar-refractivity contribution in [3.63, 3.8) is 0 Å². The van der Waals surface area contributed by atoms with Gasteiger partial charge in [0.05, 0.1) is 6.04 Å². The summed E-state index contributed by atoms with van der Waals surface area (Å²) in [6, 6.07) is -0.362. The van der Waals surface area contributed by atoms with Crippen LogP contribution in [0.5, 0.6) is 0 Å². The van der Waals surface area contributed by atoms with Gasteiger partial charge < -0.3 is 0 Å². The van der Waals surface area contributed by atoms with Gasteiger partial charge in [0.1, 0.15) is 5.78 Å². The molecule has 0 spiro atoms. The molecule has 0 aliphatic heterocycles. The lowest BCUT2D eigenvalue weighted by Crippen LogP contribution is -2.21. The number of hydrogen-bond donors (Lipinski definition) is 0. The van der Waals surface area contributed by atoms with Crippen molar-refractivity contribution in [2.75, 3.05) is 0 Å². The maximum Gasteiger partial charge on any atom is 0.141 e. The van der Waals surface area contributed by atoms with E-state index in [9.17, 15) is 4.79 Å². The van der Waals surface area contributed by atoms with Crippen molar-refractivity contribution < 1.29 is 4.79 Å². The zero-order valence-corrected chi connectivity index (χ0v) is 5.66. The Hall–Kier alpha value is -1.02. The van der Waals surface area contributed by atoms with Gasteiger partial charge in [0.2, 0.25) is 0 Å². The van der Waals surface area contributed by atoms with Crippen LogP contribution in [0.4, 0.5) is 0 Å². The first-order valence-electron chi connectivity index (χ1n) is 3.41. The van der Waals surface area contributed by atoms with Crippen LogP contribution >= 0.6 is 0 Å². The van der Waals surface area contributed by atoms with Crippen molar-refractivity contribution in [2.45, 2.75) is 31.7 Å². The Morgan fingerprint density at radius 3 is 3.00 bits per heavy atom. The number of carbonyl (C=O) groups is 1. The van der Waals surface area contributed by atoms with E-state index >= 15 is 0 Å². The van der Waals surface area contributed by atoms with Gasteiger partial charge in [0.25, 0.3) is 0 Å². The Morgan fingerprint density at radius 1 is 1.60 bits per heavy atom. The minimum absolute atomic E-state index is 0.101. The highest BCUT2D eigenvalue weighted by Gasteiger charge is 2.19. The van der Waals surface area contributed by atoms with Crippen molar-refractivity contribution in [2.24, 2.45) is 5.11 Å². The monoisotopic (exact) mass is 139 g/mol. The second-order valence-electron chi connectivity index (χ2n) is 2.43. The lowest BCUT2D eigenvalue weighted by Gasteiger charge is -2.14. The van der Waals surface area contributed by atoms with E-state index in [-0.39, 0.29) is 11.8 Å². The Bertz CT molecular complexity index is 183. The number of ketones is 1. The molecule has 1 saturated carbocycles. The summed E-state index contributed by atoms with van der Waals surface area (Å²) in [5.74, 6) is 0.101. The zero-order chi connectivity index (χ0) is 7.40. The van der Waals surface area contributed by atoms with Gasteiger partial charge in [-0.1, -0.05) is 11.5 Å². The molecule has 0 amide bonds. The topological polar surface area (TPSA) is 65.8 Å². The second kappa shape index (κ2) is 3.22. The lowest BCUT2D eigenvalue weighted by molar-refractivity contribution is -0.121. The summed E-state index contributed by atoms with van der Waals surface area (Å²) in [4.78, 5) is 13.5. The standard InChI is InChI=1S/C6H9N3O/c7-9-8-5-3-1-2-4-6(5)10/h5H,1-4H2/t5-/m0/s1. The highest BCUT2D eigenvalue weighted by molar-refractivity contribution is 5.84. The van der Waals surface area contributed by atoms with Crippen LogP contribution in [0.2, 0.25) is 0 Å². The molecular weight excluding hydrogens is 130 g/mol. The fraction of sp³-hybridized carbons (Fsp3) is 0.833. The number of carbonyl (C=O) groups excluding carboxylic acids is 1. The Labute approximate surface area is 58.9 Å². The van der Waals surface area contributed by atoms with E-state index in [0.29, 0.717) is 6.42 Å². The third-order valence-corrected chi connectivity index (χ3v) is 1.71. The van der Waals surface area contributed by atoms with Gasteiger partial charge in [-0.2, -0.15) is 0 Å². The SMILES string of the molecule is [N-]=[N+]=N[C@H]1CCCCC1=O.